The molecule has 1 aromatic rings. The van der Waals surface area contributed by atoms with Crippen molar-refractivity contribution in [2.45, 2.75) is 39.2 Å². The van der Waals surface area contributed by atoms with Crippen LogP contribution in [-0.2, 0) is 0 Å². The summed E-state index contributed by atoms with van der Waals surface area (Å²) in [5.74, 6) is -0.545. The normalized spacial score (nSPS) is 11.4. The number of carbonyl (C=O) groups excluding carboxylic acids is 1. The van der Waals surface area contributed by atoms with Gasteiger partial charge in [-0.25, -0.2) is 4.39 Å². The van der Waals surface area contributed by atoms with Gasteiger partial charge in [0.05, 0.1) is 5.56 Å². The Kier molecular flexibility index (Phi) is 4.69. The zero-order chi connectivity index (χ0) is 13.1. The maximum atomic E-state index is 12.9. The molecule has 17 heavy (non-hydrogen) atoms. The Labute approximate surface area is 110 Å². The minimum Gasteiger partial charge on any atom is -0.347 e. The van der Waals surface area contributed by atoms with Gasteiger partial charge in [-0.3, -0.25) is 4.79 Å². The quantitative estimate of drug-likeness (QED) is 0.898. The fraction of sp³-hybridized carbons (Fsp3) is 0.462. The molecule has 0 saturated carbocycles. The molecule has 2 nitrogen and oxygen atoms in total. The summed E-state index contributed by atoms with van der Waals surface area (Å²) in [6.07, 6.45) is 1.90. The van der Waals surface area contributed by atoms with Gasteiger partial charge in [-0.2, -0.15) is 0 Å². The van der Waals surface area contributed by atoms with Crippen LogP contribution in [0.4, 0.5) is 4.39 Å². The van der Waals surface area contributed by atoms with Crippen LogP contribution in [0.25, 0.3) is 0 Å². The molecule has 0 aliphatic carbocycles. The van der Waals surface area contributed by atoms with Gasteiger partial charge in [-0.05, 0) is 54.4 Å². The molecule has 4 heteroatoms. The fourth-order valence-corrected chi connectivity index (χ4v) is 2.27. The molecule has 0 aromatic heterocycles. The third-order valence-corrected chi connectivity index (χ3v) is 3.16. The highest BCUT2D eigenvalue weighted by Gasteiger charge is 2.21. The van der Waals surface area contributed by atoms with E-state index in [0.717, 1.165) is 12.8 Å². The molecule has 1 amide bonds. The predicted octanol–water partition coefficient (Wildman–Crippen LogP) is 3.90. The van der Waals surface area contributed by atoms with E-state index in [1.54, 1.807) is 0 Å². The van der Waals surface area contributed by atoms with Gasteiger partial charge in [0.25, 0.3) is 5.91 Å². The van der Waals surface area contributed by atoms with Gasteiger partial charge in [0.1, 0.15) is 5.82 Å². The molecular formula is C13H17BrFNO. The zero-order valence-corrected chi connectivity index (χ0v) is 11.9. The number of benzene rings is 1. The molecule has 0 heterocycles. The first kappa shape index (κ1) is 14.2. The Hall–Kier alpha value is -0.900. The van der Waals surface area contributed by atoms with Crippen LogP contribution in [0, 0.1) is 5.82 Å². The second-order valence-electron chi connectivity index (χ2n) is 4.71. The largest absolute Gasteiger partial charge is 0.347 e. The van der Waals surface area contributed by atoms with E-state index < -0.39 is 0 Å². The van der Waals surface area contributed by atoms with E-state index in [1.807, 2.05) is 13.8 Å². The highest BCUT2D eigenvalue weighted by atomic mass is 79.9. The number of rotatable bonds is 4. The van der Waals surface area contributed by atoms with E-state index >= 15 is 0 Å². The minimum atomic E-state index is -0.360. The average Bonchev–Trinajstić information content (AvgIpc) is 2.15. The van der Waals surface area contributed by atoms with Gasteiger partial charge in [0, 0.05) is 10.0 Å². The molecule has 0 aliphatic heterocycles. The van der Waals surface area contributed by atoms with E-state index in [0.29, 0.717) is 10.0 Å². The molecule has 1 N–H and O–H groups in total. The van der Waals surface area contributed by atoms with Crippen LogP contribution < -0.4 is 5.32 Å². The summed E-state index contributed by atoms with van der Waals surface area (Å²) in [5.41, 5.74) is 0.204. The number of hydrogen-bond acceptors (Lipinski definition) is 1. The van der Waals surface area contributed by atoms with E-state index in [1.165, 1.54) is 18.2 Å². The van der Waals surface area contributed by atoms with Gasteiger partial charge < -0.3 is 5.32 Å². The molecule has 0 aliphatic rings. The van der Waals surface area contributed by atoms with Crippen molar-refractivity contribution in [2.75, 3.05) is 0 Å². The molecule has 94 valence electrons. The van der Waals surface area contributed by atoms with Crippen molar-refractivity contribution in [3.05, 3.63) is 34.1 Å². The highest BCUT2D eigenvalue weighted by Crippen LogP contribution is 2.19. The first-order chi connectivity index (χ1) is 7.85. The first-order valence-corrected chi connectivity index (χ1v) is 6.42. The second-order valence-corrected chi connectivity index (χ2v) is 5.57. The van der Waals surface area contributed by atoms with Crippen LogP contribution in [-0.4, -0.2) is 11.4 Å². The lowest BCUT2D eigenvalue weighted by molar-refractivity contribution is 0.0908. The fourth-order valence-electron chi connectivity index (χ4n) is 1.74. The van der Waals surface area contributed by atoms with Crippen LogP contribution in [0.2, 0.25) is 0 Å². The smallest absolute Gasteiger partial charge is 0.252 e. The summed E-state index contributed by atoms with van der Waals surface area (Å²) in [4.78, 5) is 12.0. The number of hydrogen-bond donors (Lipinski definition) is 1. The Morgan fingerprint density at radius 2 is 2.12 bits per heavy atom. The van der Waals surface area contributed by atoms with Crippen LogP contribution >= 0.6 is 15.9 Å². The SMILES string of the molecule is CCCC(C)(C)NC(=O)c1ccc(F)cc1Br. The molecule has 1 rings (SSSR count). The lowest BCUT2D eigenvalue weighted by Gasteiger charge is -2.26. The van der Waals surface area contributed by atoms with E-state index in [4.69, 9.17) is 0 Å². The monoisotopic (exact) mass is 301 g/mol. The summed E-state index contributed by atoms with van der Waals surface area (Å²) in [7, 11) is 0. The van der Waals surface area contributed by atoms with Gasteiger partial charge >= 0.3 is 0 Å². The van der Waals surface area contributed by atoms with E-state index in [9.17, 15) is 9.18 Å². The maximum Gasteiger partial charge on any atom is 0.252 e. The molecule has 0 unspecified atom stereocenters. The summed E-state index contributed by atoms with van der Waals surface area (Å²) in [6, 6.07) is 4.06. The maximum absolute atomic E-state index is 12.9. The van der Waals surface area contributed by atoms with E-state index in [-0.39, 0.29) is 17.3 Å². The van der Waals surface area contributed by atoms with Crippen molar-refractivity contribution in [3.63, 3.8) is 0 Å². The van der Waals surface area contributed by atoms with Crippen LogP contribution in [0.3, 0.4) is 0 Å². The highest BCUT2D eigenvalue weighted by molar-refractivity contribution is 9.10. The summed E-state index contributed by atoms with van der Waals surface area (Å²) in [5, 5.41) is 2.94. The molecule has 0 spiro atoms. The zero-order valence-electron chi connectivity index (χ0n) is 10.3. The number of carbonyl (C=O) groups is 1. The van der Waals surface area contributed by atoms with Gasteiger partial charge in [-0.15, -0.1) is 0 Å². The Morgan fingerprint density at radius 3 is 2.65 bits per heavy atom. The number of halogens is 2. The van der Waals surface area contributed by atoms with Crippen LogP contribution in [0.5, 0.6) is 0 Å². The number of amides is 1. The average molecular weight is 302 g/mol. The summed E-state index contributed by atoms with van der Waals surface area (Å²) >= 11 is 3.19. The van der Waals surface area contributed by atoms with Gasteiger partial charge in [0.15, 0.2) is 0 Å². The molecule has 0 atom stereocenters. The third kappa shape index (κ3) is 4.11. The molecule has 0 saturated heterocycles. The van der Waals surface area contributed by atoms with Crippen molar-refractivity contribution in [2.24, 2.45) is 0 Å². The molecule has 0 radical (unpaired) electrons. The van der Waals surface area contributed by atoms with E-state index in [2.05, 4.69) is 28.2 Å². The standard InChI is InChI=1S/C13H17BrFNO/c1-4-7-13(2,3)16-12(17)10-6-5-9(15)8-11(10)14/h5-6,8H,4,7H2,1-3H3,(H,16,17). The van der Waals surface area contributed by atoms with Crippen molar-refractivity contribution < 1.29 is 9.18 Å². The Balaban J connectivity index is 2.83. The summed E-state index contributed by atoms with van der Waals surface area (Å²) < 4.78 is 13.4. The molecule has 0 bridgehead atoms. The topological polar surface area (TPSA) is 29.1 Å². The second kappa shape index (κ2) is 5.63. The first-order valence-electron chi connectivity index (χ1n) is 5.63. The lowest BCUT2D eigenvalue weighted by atomic mass is 9.98. The van der Waals surface area contributed by atoms with Crippen molar-refractivity contribution in [1.82, 2.24) is 5.32 Å². The molecular weight excluding hydrogens is 285 g/mol. The Bertz CT molecular complexity index is 418. The Morgan fingerprint density at radius 1 is 1.47 bits per heavy atom. The van der Waals surface area contributed by atoms with Crippen molar-refractivity contribution in [1.29, 1.82) is 0 Å². The van der Waals surface area contributed by atoms with Crippen molar-refractivity contribution in [3.8, 4) is 0 Å². The van der Waals surface area contributed by atoms with Crippen LogP contribution in [0.15, 0.2) is 22.7 Å². The third-order valence-electron chi connectivity index (χ3n) is 2.50. The van der Waals surface area contributed by atoms with Gasteiger partial charge in [0.2, 0.25) is 0 Å². The molecule has 1 aromatic carbocycles. The predicted molar refractivity (Wildman–Crippen MR) is 70.6 cm³/mol. The van der Waals surface area contributed by atoms with Crippen LogP contribution in [0.1, 0.15) is 44.0 Å². The van der Waals surface area contributed by atoms with Gasteiger partial charge in [-0.1, -0.05) is 13.3 Å². The lowest BCUT2D eigenvalue weighted by Crippen LogP contribution is -2.43. The minimum absolute atomic E-state index is 0.185. The number of nitrogens with one attached hydrogen (secondary N) is 1. The molecule has 0 fully saturated rings. The van der Waals surface area contributed by atoms with Crippen molar-refractivity contribution >= 4 is 21.8 Å². The summed E-state index contributed by atoms with van der Waals surface area (Å²) in [6.45, 7) is 6.03.